The van der Waals surface area contributed by atoms with Crippen LogP contribution >= 0.6 is 68.4 Å². The molecule has 1 unspecified atom stereocenters. The molecule has 1 aliphatic carbocycles. The highest BCUT2D eigenvalue weighted by atomic mass is 127. The van der Waals surface area contributed by atoms with E-state index in [9.17, 15) is 0 Å². The van der Waals surface area contributed by atoms with E-state index < -0.39 is 0 Å². The number of alkyl halides is 1. The summed E-state index contributed by atoms with van der Waals surface area (Å²) in [5.74, 6) is 0.278. The summed E-state index contributed by atoms with van der Waals surface area (Å²) >= 11 is 15.8. The third-order valence-electron chi connectivity index (χ3n) is 3.30. The molecule has 25 heavy (non-hydrogen) atoms. The Morgan fingerprint density at radius 3 is 2.40 bits per heavy atom. The van der Waals surface area contributed by atoms with E-state index in [2.05, 4.69) is 34.7 Å². The smallest absolute Gasteiger partial charge is 0.141 e. The van der Waals surface area contributed by atoms with Crippen molar-refractivity contribution in [2.24, 2.45) is 0 Å². The molecule has 2 nitrogen and oxygen atoms in total. The molecule has 0 aliphatic heterocycles. The van der Waals surface area contributed by atoms with E-state index in [0.29, 0.717) is 11.6 Å². The Morgan fingerprint density at radius 2 is 1.84 bits per heavy atom. The molecule has 0 fully saturated rings. The van der Waals surface area contributed by atoms with Crippen molar-refractivity contribution in [3.05, 3.63) is 85.9 Å². The van der Waals surface area contributed by atoms with E-state index in [1.54, 1.807) is 18.2 Å². The fourth-order valence-corrected chi connectivity index (χ4v) is 3.51. The molecule has 1 atom stereocenters. The van der Waals surface area contributed by atoms with Crippen molar-refractivity contribution in [2.45, 2.75) is 16.6 Å². The van der Waals surface area contributed by atoms with Crippen LogP contribution in [0.15, 0.2) is 71.8 Å². The molecule has 2 aromatic rings. The standard InChI is InChI=1S/C13H12ClIO.C6H4ClIO/c14-12-6-8-13(15,9-7-12)16-10-11-4-2-1-3-5-11;7-4-1-2-6(9)5(8)3-4/h1-8H,9-10H2;1-3,9H. The van der Waals surface area contributed by atoms with Gasteiger partial charge in [0.2, 0.25) is 0 Å². The van der Waals surface area contributed by atoms with Crippen molar-refractivity contribution in [3.8, 4) is 5.75 Å². The minimum Gasteiger partial charge on any atom is -0.507 e. The van der Waals surface area contributed by atoms with Crippen molar-refractivity contribution in [2.75, 3.05) is 0 Å². The van der Waals surface area contributed by atoms with Gasteiger partial charge >= 0.3 is 0 Å². The van der Waals surface area contributed by atoms with Gasteiger partial charge in [0.05, 0.1) is 10.2 Å². The van der Waals surface area contributed by atoms with Gasteiger partial charge in [-0.3, -0.25) is 0 Å². The van der Waals surface area contributed by atoms with Crippen LogP contribution in [-0.2, 0) is 11.3 Å². The van der Waals surface area contributed by atoms with Gasteiger partial charge in [0, 0.05) is 16.5 Å². The van der Waals surface area contributed by atoms with E-state index in [1.807, 2.05) is 59.0 Å². The first kappa shape index (κ1) is 21.0. The molecule has 1 N–H and O–H groups in total. The van der Waals surface area contributed by atoms with E-state index in [4.69, 9.17) is 33.0 Å². The number of hydrogen-bond acceptors (Lipinski definition) is 2. The van der Waals surface area contributed by atoms with Crippen molar-refractivity contribution in [1.29, 1.82) is 0 Å². The zero-order valence-electron chi connectivity index (χ0n) is 13.1. The summed E-state index contributed by atoms with van der Waals surface area (Å²) in [4.78, 5) is 0. The van der Waals surface area contributed by atoms with Crippen LogP contribution in [0.25, 0.3) is 0 Å². The molecule has 0 amide bonds. The summed E-state index contributed by atoms with van der Waals surface area (Å²) in [6.07, 6.45) is 6.70. The van der Waals surface area contributed by atoms with Crippen LogP contribution in [0.2, 0.25) is 5.02 Å². The van der Waals surface area contributed by atoms with E-state index >= 15 is 0 Å². The normalized spacial score (nSPS) is 19.0. The number of hydrogen-bond donors (Lipinski definition) is 1. The number of phenols is 1. The van der Waals surface area contributed by atoms with Crippen LogP contribution in [0.1, 0.15) is 12.0 Å². The largest absolute Gasteiger partial charge is 0.507 e. The van der Waals surface area contributed by atoms with Crippen molar-refractivity contribution in [3.63, 3.8) is 0 Å². The van der Waals surface area contributed by atoms with Crippen LogP contribution in [-0.4, -0.2) is 8.71 Å². The van der Waals surface area contributed by atoms with Crippen LogP contribution in [0.3, 0.4) is 0 Å². The van der Waals surface area contributed by atoms with Gasteiger partial charge in [0.15, 0.2) is 0 Å². The van der Waals surface area contributed by atoms with E-state index in [0.717, 1.165) is 15.0 Å². The lowest BCUT2D eigenvalue weighted by atomic mass is 10.1. The first-order chi connectivity index (χ1) is 11.9. The fourth-order valence-electron chi connectivity index (χ4n) is 1.94. The third kappa shape index (κ3) is 7.46. The molecule has 0 bridgehead atoms. The molecular formula is C19H16Cl2I2O2. The van der Waals surface area contributed by atoms with Crippen LogP contribution in [0, 0.1) is 3.57 Å². The second kappa shape index (κ2) is 10.2. The summed E-state index contributed by atoms with van der Waals surface area (Å²) in [5.41, 5.74) is 1.19. The quantitative estimate of drug-likeness (QED) is 0.302. The maximum absolute atomic E-state index is 8.98. The first-order valence-corrected chi connectivity index (χ1v) is 10.3. The monoisotopic (exact) mass is 600 g/mol. The Kier molecular flexibility index (Phi) is 8.54. The molecule has 1 aliphatic rings. The third-order valence-corrected chi connectivity index (χ3v) is 5.79. The second-order valence-corrected chi connectivity index (χ2v) is 9.14. The van der Waals surface area contributed by atoms with Crippen LogP contribution in [0.5, 0.6) is 5.75 Å². The maximum atomic E-state index is 8.98. The number of phenolic OH excluding ortho intramolecular Hbond substituents is 1. The SMILES string of the molecule is ClC1=CCC(I)(OCc2ccccc2)C=C1.Oc1ccc(Cl)cc1I. The highest BCUT2D eigenvalue weighted by molar-refractivity contribution is 14.1. The highest BCUT2D eigenvalue weighted by Crippen LogP contribution is 2.33. The van der Waals surface area contributed by atoms with Gasteiger partial charge in [0.25, 0.3) is 0 Å². The lowest BCUT2D eigenvalue weighted by molar-refractivity contribution is 0.0606. The zero-order valence-corrected chi connectivity index (χ0v) is 19.0. The lowest BCUT2D eigenvalue weighted by Crippen LogP contribution is -2.22. The van der Waals surface area contributed by atoms with Crippen molar-refractivity contribution >= 4 is 68.4 Å². The molecule has 132 valence electrons. The number of allylic oxidation sites excluding steroid dienone is 2. The molecule has 0 heterocycles. The van der Waals surface area contributed by atoms with Gasteiger partial charge in [-0.1, -0.05) is 59.6 Å². The minimum absolute atomic E-state index is 0.258. The van der Waals surface area contributed by atoms with Crippen LogP contribution in [0.4, 0.5) is 0 Å². The summed E-state index contributed by atoms with van der Waals surface area (Å²) in [5, 5.41) is 10.4. The van der Waals surface area contributed by atoms with Gasteiger partial charge in [-0.2, -0.15) is 0 Å². The summed E-state index contributed by atoms with van der Waals surface area (Å²) < 4.78 is 6.42. The summed E-state index contributed by atoms with van der Waals surface area (Å²) in [6, 6.07) is 15.1. The van der Waals surface area contributed by atoms with Crippen LogP contribution < -0.4 is 0 Å². The van der Waals surface area contributed by atoms with Gasteiger partial charge in [0.1, 0.15) is 9.36 Å². The zero-order chi connectivity index (χ0) is 18.3. The Bertz CT molecular complexity index is 763. The first-order valence-electron chi connectivity index (χ1n) is 7.44. The molecule has 3 rings (SSSR count). The average Bonchev–Trinajstić information content (AvgIpc) is 2.61. The predicted molar refractivity (Wildman–Crippen MR) is 122 cm³/mol. The number of halogens is 4. The molecule has 0 spiro atoms. The Morgan fingerprint density at radius 1 is 1.12 bits per heavy atom. The molecular weight excluding hydrogens is 585 g/mol. The molecule has 0 saturated heterocycles. The number of ether oxygens (including phenoxy) is 1. The minimum atomic E-state index is -0.258. The Labute approximate surface area is 185 Å². The van der Waals surface area contributed by atoms with Crippen molar-refractivity contribution in [1.82, 2.24) is 0 Å². The number of rotatable bonds is 3. The average molecular weight is 601 g/mol. The lowest BCUT2D eigenvalue weighted by Gasteiger charge is -2.25. The van der Waals surface area contributed by atoms with E-state index in [-0.39, 0.29) is 9.36 Å². The molecule has 0 saturated carbocycles. The summed E-state index contributed by atoms with van der Waals surface area (Å²) in [6.45, 7) is 0.625. The van der Waals surface area contributed by atoms with Gasteiger partial charge in [-0.25, -0.2) is 0 Å². The molecule has 0 radical (unpaired) electrons. The topological polar surface area (TPSA) is 29.5 Å². The predicted octanol–water partition coefficient (Wildman–Crippen LogP) is 7.07. The summed E-state index contributed by atoms with van der Waals surface area (Å²) in [7, 11) is 0. The number of benzene rings is 2. The van der Waals surface area contributed by atoms with Gasteiger partial charge in [-0.05, 0) is 81.1 Å². The molecule has 2 aromatic carbocycles. The Balaban J connectivity index is 0.000000212. The van der Waals surface area contributed by atoms with Crippen molar-refractivity contribution < 1.29 is 9.84 Å². The molecule has 6 heteroatoms. The fraction of sp³-hybridized carbons (Fsp3) is 0.158. The number of aromatic hydroxyl groups is 1. The van der Waals surface area contributed by atoms with Gasteiger partial charge < -0.3 is 9.84 Å². The van der Waals surface area contributed by atoms with E-state index in [1.165, 1.54) is 5.56 Å². The maximum Gasteiger partial charge on any atom is 0.141 e. The van der Waals surface area contributed by atoms with Gasteiger partial charge in [-0.15, -0.1) is 0 Å². The molecule has 0 aromatic heterocycles. The highest BCUT2D eigenvalue weighted by Gasteiger charge is 2.25. The second-order valence-electron chi connectivity index (χ2n) is 5.28. The Hall–Kier alpha value is -0.280.